The van der Waals surface area contributed by atoms with E-state index >= 15 is 0 Å². The summed E-state index contributed by atoms with van der Waals surface area (Å²) in [5.74, 6) is 0.993. The van der Waals surface area contributed by atoms with Crippen molar-refractivity contribution in [2.75, 3.05) is 13.2 Å². The molecule has 0 heterocycles. The van der Waals surface area contributed by atoms with Crippen LogP contribution in [0, 0.1) is 5.92 Å². The molecule has 0 saturated heterocycles. The molecule has 8 heteroatoms. The number of carbonyl (C=O) groups excluding carboxylic acids is 2. The fourth-order valence-corrected chi connectivity index (χ4v) is 2.82. The molecule has 0 aliphatic heterocycles. The Kier molecular flexibility index (Phi) is 9.94. The summed E-state index contributed by atoms with van der Waals surface area (Å²) in [6, 6.07) is 14.6. The molecule has 0 saturated carbocycles. The molecule has 2 amide bonds. The molecule has 2 aromatic rings. The molecule has 0 aliphatic rings. The van der Waals surface area contributed by atoms with Crippen LogP contribution in [-0.4, -0.2) is 30.1 Å². The van der Waals surface area contributed by atoms with Crippen LogP contribution in [0.5, 0.6) is 11.5 Å². The third-order valence-corrected chi connectivity index (χ3v) is 4.88. The first-order valence-corrected chi connectivity index (χ1v) is 11.1. The molecule has 0 fully saturated rings. The van der Waals surface area contributed by atoms with Crippen LogP contribution in [0.15, 0.2) is 48.5 Å². The number of benzene rings is 2. The third-order valence-electron chi connectivity index (χ3n) is 4.68. The Labute approximate surface area is 194 Å². The molecule has 0 aromatic heterocycles. The van der Waals surface area contributed by atoms with Gasteiger partial charge in [-0.3, -0.25) is 25.8 Å². The smallest absolute Gasteiger partial charge is 0.276 e. The van der Waals surface area contributed by atoms with Gasteiger partial charge in [0.15, 0.2) is 11.7 Å². The second kappa shape index (κ2) is 12.7. The highest BCUT2D eigenvalue weighted by atomic mass is 32.1. The van der Waals surface area contributed by atoms with E-state index in [-0.39, 0.29) is 11.7 Å². The van der Waals surface area contributed by atoms with Gasteiger partial charge in [0.2, 0.25) is 0 Å². The van der Waals surface area contributed by atoms with Crippen LogP contribution in [0.25, 0.3) is 0 Å². The summed E-state index contributed by atoms with van der Waals surface area (Å²) in [7, 11) is 0. The van der Waals surface area contributed by atoms with Crippen molar-refractivity contribution in [1.82, 2.24) is 16.2 Å². The van der Waals surface area contributed by atoms with Crippen molar-refractivity contribution in [2.45, 2.75) is 40.0 Å². The van der Waals surface area contributed by atoms with Crippen LogP contribution in [0.3, 0.4) is 0 Å². The SMILES string of the molecule is CCC(C)c1ccc(OCC(=O)NNC(=S)NC(=O)c2ccccc2OCC(C)C)cc1. The van der Waals surface area contributed by atoms with Gasteiger partial charge >= 0.3 is 0 Å². The van der Waals surface area contributed by atoms with Crippen molar-refractivity contribution in [3.63, 3.8) is 0 Å². The van der Waals surface area contributed by atoms with E-state index in [0.29, 0.717) is 35.5 Å². The van der Waals surface area contributed by atoms with Crippen LogP contribution in [0.1, 0.15) is 56.0 Å². The molecule has 0 bridgehead atoms. The monoisotopic (exact) mass is 457 g/mol. The van der Waals surface area contributed by atoms with E-state index in [2.05, 4.69) is 30.0 Å². The van der Waals surface area contributed by atoms with Gasteiger partial charge in [-0.15, -0.1) is 0 Å². The summed E-state index contributed by atoms with van der Waals surface area (Å²) in [6.45, 7) is 8.64. The number of hydrogen-bond acceptors (Lipinski definition) is 5. The summed E-state index contributed by atoms with van der Waals surface area (Å²) in [5.41, 5.74) is 6.48. The second-order valence-corrected chi connectivity index (χ2v) is 8.23. The Morgan fingerprint density at radius 3 is 2.31 bits per heavy atom. The quantitative estimate of drug-likeness (QED) is 0.390. The Bertz CT molecular complexity index is 916. The second-order valence-electron chi connectivity index (χ2n) is 7.82. The highest BCUT2D eigenvalue weighted by Crippen LogP contribution is 2.21. The fourth-order valence-electron chi connectivity index (χ4n) is 2.68. The van der Waals surface area contributed by atoms with Gasteiger partial charge in [0.05, 0.1) is 12.2 Å². The van der Waals surface area contributed by atoms with Crippen molar-refractivity contribution in [2.24, 2.45) is 5.92 Å². The van der Waals surface area contributed by atoms with E-state index in [0.717, 1.165) is 6.42 Å². The first-order chi connectivity index (χ1) is 15.3. The number of carbonyl (C=O) groups is 2. The van der Waals surface area contributed by atoms with Gasteiger partial charge in [-0.05, 0) is 60.3 Å². The summed E-state index contributed by atoms with van der Waals surface area (Å²) in [6.07, 6.45) is 1.06. The van der Waals surface area contributed by atoms with Gasteiger partial charge in [-0.1, -0.05) is 52.0 Å². The van der Waals surface area contributed by atoms with Crippen molar-refractivity contribution >= 4 is 29.1 Å². The minimum absolute atomic E-state index is 0.0417. The van der Waals surface area contributed by atoms with Crippen LogP contribution in [-0.2, 0) is 4.79 Å². The molecular formula is C24H31N3O4S. The minimum atomic E-state index is -0.437. The summed E-state index contributed by atoms with van der Waals surface area (Å²) in [4.78, 5) is 24.5. The summed E-state index contributed by atoms with van der Waals surface area (Å²) in [5, 5.41) is 2.48. The molecule has 0 radical (unpaired) electrons. The van der Waals surface area contributed by atoms with E-state index in [9.17, 15) is 9.59 Å². The number of amides is 2. The first-order valence-electron chi connectivity index (χ1n) is 10.6. The van der Waals surface area contributed by atoms with Gasteiger partial charge in [-0.25, -0.2) is 0 Å². The molecule has 7 nitrogen and oxygen atoms in total. The predicted molar refractivity (Wildman–Crippen MR) is 129 cm³/mol. The molecule has 32 heavy (non-hydrogen) atoms. The van der Waals surface area contributed by atoms with Gasteiger partial charge in [0.1, 0.15) is 11.5 Å². The maximum atomic E-state index is 12.5. The Hall–Kier alpha value is -3.13. The molecule has 0 spiro atoms. The predicted octanol–water partition coefficient (Wildman–Crippen LogP) is 3.95. The van der Waals surface area contributed by atoms with E-state index in [4.69, 9.17) is 21.7 Å². The van der Waals surface area contributed by atoms with Crippen molar-refractivity contribution < 1.29 is 19.1 Å². The van der Waals surface area contributed by atoms with E-state index in [1.807, 2.05) is 38.1 Å². The average Bonchev–Trinajstić information content (AvgIpc) is 2.80. The molecule has 0 aliphatic carbocycles. The zero-order valence-electron chi connectivity index (χ0n) is 18.9. The van der Waals surface area contributed by atoms with Crippen LogP contribution < -0.4 is 25.6 Å². The molecule has 2 aromatic carbocycles. The number of para-hydroxylation sites is 1. The molecule has 3 N–H and O–H groups in total. The molecule has 1 atom stereocenters. The van der Waals surface area contributed by atoms with E-state index in [1.54, 1.807) is 24.3 Å². The topological polar surface area (TPSA) is 88.7 Å². The lowest BCUT2D eigenvalue weighted by Gasteiger charge is -2.14. The highest BCUT2D eigenvalue weighted by Gasteiger charge is 2.14. The largest absolute Gasteiger partial charge is 0.492 e. The normalized spacial score (nSPS) is 11.4. The van der Waals surface area contributed by atoms with Gasteiger partial charge < -0.3 is 9.47 Å². The standard InChI is InChI=1S/C24H31N3O4S/c1-5-17(4)18-10-12-19(13-11-18)30-15-22(28)26-27-24(32)25-23(29)20-8-6-7-9-21(20)31-14-16(2)3/h6-13,16-17H,5,14-15H2,1-4H3,(H,26,28)(H2,25,27,29,32). The lowest BCUT2D eigenvalue weighted by molar-refractivity contribution is -0.123. The minimum Gasteiger partial charge on any atom is -0.492 e. The lowest BCUT2D eigenvalue weighted by Crippen LogP contribution is -2.49. The Balaban J connectivity index is 1.78. The third kappa shape index (κ3) is 8.19. The zero-order chi connectivity index (χ0) is 23.5. The molecule has 2 rings (SSSR count). The number of thiocarbonyl (C=S) groups is 1. The Morgan fingerprint density at radius 1 is 0.969 bits per heavy atom. The van der Waals surface area contributed by atoms with Gasteiger partial charge in [0.25, 0.3) is 11.8 Å². The van der Waals surface area contributed by atoms with Crippen molar-refractivity contribution in [3.05, 3.63) is 59.7 Å². The van der Waals surface area contributed by atoms with Crippen molar-refractivity contribution in [1.29, 1.82) is 0 Å². The van der Waals surface area contributed by atoms with E-state index in [1.165, 1.54) is 5.56 Å². The van der Waals surface area contributed by atoms with Gasteiger partial charge in [-0.2, -0.15) is 0 Å². The van der Waals surface area contributed by atoms with Crippen LogP contribution >= 0.6 is 12.2 Å². The van der Waals surface area contributed by atoms with Crippen LogP contribution in [0.2, 0.25) is 0 Å². The number of hydrazine groups is 1. The average molecular weight is 458 g/mol. The number of ether oxygens (including phenoxy) is 2. The highest BCUT2D eigenvalue weighted by molar-refractivity contribution is 7.80. The summed E-state index contributed by atoms with van der Waals surface area (Å²) < 4.78 is 11.2. The van der Waals surface area contributed by atoms with Crippen LogP contribution in [0.4, 0.5) is 0 Å². The molecular weight excluding hydrogens is 426 g/mol. The van der Waals surface area contributed by atoms with Crippen molar-refractivity contribution in [3.8, 4) is 11.5 Å². The maximum Gasteiger partial charge on any atom is 0.276 e. The number of nitrogens with one attached hydrogen (secondary N) is 3. The molecule has 172 valence electrons. The first kappa shape index (κ1) is 25.1. The zero-order valence-corrected chi connectivity index (χ0v) is 19.8. The lowest BCUT2D eigenvalue weighted by atomic mass is 9.99. The van der Waals surface area contributed by atoms with E-state index < -0.39 is 11.8 Å². The maximum absolute atomic E-state index is 12.5. The fraction of sp³-hybridized carbons (Fsp3) is 0.375. The number of hydrogen-bond donors (Lipinski definition) is 3. The number of rotatable bonds is 9. The Morgan fingerprint density at radius 2 is 1.66 bits per heavy atom. The van der Waals surface area contributed by atoms with Gasteiger partial charge in [0, 0.05) is 0 Å². The molecule has 1 unspecified atom stereocenters. The summed E-state index contributed by atoms with van der Waals surface area (Å²) >= 11 is 5.09.